The molecule has 0 spiro atoms. The highest BCUT2D eigenvalue weighted by atomic mass is 79.9. The number of aliphatic hydroxyl groups excluding tert-OH is 2. The Hall–Kier alpha value is -1.73. The van der Waals surface area contributed by atoms with Crippen molar-refractivity contribution in [2.45, 2.75) is 25.3 Å². The van der Waals surface area contributed by atoms with Crippen molar-refractivity contribution in [1.82, 2.24) is 5.32 Å². The van der Waals surface area contributed by atoms with Gasteiger partial charge in [-0.25, -0.2) is 0 Å². The second-order valence-electron chi connectivity index (χ2n) is 6.10. The largest absolute Gasteiger partial charge is 0.494 e. The molecule has 0 radical (unpaired) electrons. The lowest BCUT2D eigenvalue weighted by Crippen LogP contribution is -2.32. The van der Waals surface area contributed by atoms with Gasteiger partial charge in [0.2, 0.25) is 0 Å². The predicted octanol–water partition coefficient (Wildman–Crippen LogP) is 2.99. The van der Waals surface area contributed by atoms with Crippen LogP contribution in [-0.2, 0) is 0 Å². The van der Waals surface area contributed by atoms with Gasteiger partial charge in [0.15, 0.2) is 5.78 Å². The lowest BCUT2D eigenvalue weighted by atomic mass is 10.0. The van der Waals surface area contributed by atoms with Crippen LogP contribution < -0.4 is 10.1 Å². The van der Waals surface area contributed by atoms with E-state index in [4.69, 9.17) is 14.9 Å². The Bertz CT molecular complexity index is 643. The molecule has 0 aliphatic rings. The fourth-order valence-corrected chi connectivity index (χ4v) is 2.69. The van der Waals surface area contributed by atoms with Crippen molar-refractivity contribution in [3.05, 3.63) is 65.7 Å². The monoisotopic (exact) mass is 437 g/mol. The number of halogens is 1. The van der Waals surface area contributed by atoms with Gasteiger partial charge in [-0.1, -0.05) is 30.3 Å². The van der Waals surface area contributed by atoms with Gasteiger partial charge in [0.25, 0.3) is 0 Å². The van der Waals surface area contributed by atoms with E-state index in [1.807, 2.05) is 30.3 Å². The van der Waals surface area contributed by atoms with Gasteiger partial charge in [-0.05, 0) is 50.1 Å². The van der Waals surface area contributed by atoms with Crippen LogP contribution in [0.2, 0.25) is 0 Å². The topological polar surface area (TPSA) is 78.8 Å². The van der Waals surface area contributed by atoms with Gasteiger partial charge in [-0.2, -0.15) is 0 Å². The number of ether oxygens (including phenoxy) is 1. The van der Waals surface area contributed by atoms with E-state index in [9.17, 15) is 4.79 Å². The van der Waals surface area contributed by atoms with Crippen LogP contribution in [0.5, 0.6) is 5.75 Å². The Labute approximate surface area is 171 Å². The molecule has 3 N–H and O–H groups in total. The molecule has 0 fully saturated rings. The molecule has 0 unspecified atom stereocenters. The van der Waals surface area contributed by atoms with E-state index in [2.05, 4.69) is 5.32 Å². The summed E-state index contributed by atoms with van der Waals surface area (Å²) < 4.78 is 5.70. The highest BCUT2D eigenvalue weighted by Crippen LogP contribution is 2.15. The molecule has 6 heteroatoms. The fraction of sp³-hybridized carbons (Fsp3) is 0.381. The molecule has 148 valence electrons. The normalized spacial score (nSPS) is 10.5. The smallest absolute Gasteiger partial charge is 0.193 e. The Kier molecular flexibility index (Phi) is 11.6. The van der Waals surface area contributed by atoms with Crippen LogP contribution in [0.1, 0.15) is 35.2 Å². The highest BCUT2D eigenvalue weighted by Gasteiger charge is 2.08. The van der Waals surface area contributed by atoms with E-state index in [-0.39, 0.29) is 42.0 Å². The third-order valence-electron chi connectivity index (χ3n) is 4.13. The van der Waals surface area contributed by atoms with Gasteiger partial charge >= 0.3 is 0 Å². The molecule has 5 nitrogen and oxygen atoms in total. The van der Waals surface area contributed by atoms with E-state index in [0.29, 0.717) is 30.6 Å². The van der Waals surface area contributed by atoms with Crippen molar-refractivity contribution in [2.75, 3.05) is 26.4 Å². The summed E-state index contributed by atoms with van der Waals surface area (Å²) in [5, 5.41) is 21.3. The van der Waals surface area contributed by atoms with E-state index >= 15 is 0 Å². The second-order valence-corrected chi connectivity index (χ2v) is 6.10. The number of hydrogen-bond donors (Lipinski definition) is 3. The quantitative estimate of drug-likeness (QED) is 0.351. The molecule has 0 atom stereocenters. The molecule has 0 aliphatic carbocycles. The van der Waals surface area contributed by atoms with Gasteiger partial charge in [-0.3, -0.25) is 4.79 Å². The SMILES string of the molecule is Br.O=C(c1ccccc1)c1ccc(OCCCNC(CCO)CCO)cc1. The van der Waals surface area contributed by atoms with Crippen molar-refractivity contribution in [1.29, 1.82) is 0 Å². The van der Waals surface area contributed by atoms with E-state index in [1.165, 1.54) is 0 Å². The molecular formula is C21H28BrNO4. The second kappa shape index (κ2) is 13.4. The molecule has 0 amide bonds. The maximum Gasteiger partial charge on any atom is 0.193 e. The molecule has 2 aromatic carbocycles. The predicted molar refractivity (Wildman–Crippen MR) is 112 cm³/mol. The van der Waals surface area contributed by atoms with Crippen LogP contribution >= 0.6 is 17.0 Å². The van der Waals surface area contributed by atoms with Gasteiger partial charge in [0.05, 0.1) is 6.61 Å². The first-order valence-electron chi connectivity index (χ1n) is 9.02. The number of aliphatic hydroxyl groups is 2. The molecule has 0 heterocycles. The Balaban J connectivity index is 0.00000364. The van der Waals surface area contributed by atoms with Crippen LogP contribution in [0, 0.1) is 0 Å². The molecule has 0 bridgehead atoms. The molecule has 2 aromatic rings. The number of hydrogen-bond acceptors (Lipinski definition) is 5. The van der Waals surface area contributed by atoms with Crippen molar-refractivity contribution < 1.29 is 19.7 Å². The fourth-order valence-electron chi connectivity index (χ4n) is 2.69. The Morgan fingerprint density at radius 1 is 0.926 bits per heavy atom. The molecule has 27 heavy (non-hydrogen) atoms. The number of carbonyl (C=O) groups excluding carboxylic acids is 1. The minimum Gasteiger partial charge on any atom is -0.494 e. The number of rotatable bonds is 12. The van der Waals surface area contributed by atoms with Gasteiger partial charge in [0.1, 0.15) is 5.75 Å². The maximum atomic E-state index is 12.3. The summed E-state index contributed by atoms with van der Waals surface area (Å²) in [6, 6.07) is 16.5. The van der Waals surface area contributed by atoms with E-state index < -0.39 is 0 Å². The summed E-state index contributed by atoms with van der Waals surface area (Å²) in [7, 11) is 0. The zero-order valence-corrected chi connectivity index (χ0v) is 17.1. The summed E-state index contributed by atoms with van der Waals surface area (Å²) >= 11 is 0. The average Bonchev–Trinajstić information content (AvgIpc) is 2.68. The zero-order chi connectivity index (χ0) is 18.6. The minimum atomic E-state index is 0. The first-order chi connectivity index (χ1) is 12.7. The summed E-state index contributed by atoms with van der Waals surface area (Å²) in [4.78, 5) is 12.3. The van der Waals surface area contributed by atoms with Crippen LogP contribution in [0.25, 0.3) is 0 Å². The summed E-state index contributed by atoms with van der Waals surface area (Å²) in [6.45, 7) is 1.55. The molecule has 0 saturated heterocycles. The number of benzene rings is 2. The lowest BCUT2D eigenvalue weighted by molar-refractivity contribution is 0.103. The number of carbonyl (C=O) groups is 1. The van der Waals surface area contributed by atoms with Crippen LogP contribution in [0.4, 0.5) is 0 Å². The maximum absolute atomic E-state index is 12.3. The summed E-state index contributed by atoms with van der Waals surface area (Å²) in [5.41, 5.74) is 1.31. The van der Waals surface area contributed by atoms with Crippen molar-refractivity contribution >= 4 is 22.8 Å². The van der Waals surface area contributed by atoms with Crippen LogP contribution in [0.3, 0.4) is 0 Å². The Morgan fingerprint density at radius 3 is 2.11 bits per heavy atom. The minimum absolute atomic E-state index is 0. The van der Waals surface area contributed by atoms with Crippen molar-refractivity contribution in [3.8, 4) is 5.75 Å². The molecular weight excluding hydrogens is 410 g/mol. The molecule has 0 aliphatic heterocycles. The van der Waals surface area contributed by atoms with Crippen LogP contribution in [0.15, 0.2) is 54.6 Å². The summed E-state index contributed by atoms with van der Waals surface area (Å²) in [6.07, 6.45) is 2.09. The molecule has 2 rings (SSSR count). The van der Waals surface area contributed by atoms with Crippen LogP contribution in [-0.4, -0.2) is 48.4 Å². The van der Waals surface area contributed by atoms with E-state index in [1.54, 1.807) is 24.3 Å². The van der Waals surface area contributed by atoms with Crippen molar-refractivity contribution in [3.63, 3.8) is 0 Å². The lowest BCUT2D eigenvalue weighted by Gasteiger charge is -2.16. The first kappa shape index (κ1) is 23.3. The third-order valence-corrected chi connectivity index (χ3v) is 4.13. The Morgan fingerprint density at radius 2 is 1.52 bits per heavy atom. The van der Waals surface area contributed by atoms with Gasteiger partial charge in [0, 0.05) is 30.4 Å². The zero-order valence-electron chi connectivity index (χ0n) is 15.3. The van der Waals surface area contributed by atoms with Gasteiger partial charge in [-0.15, -0.1) is 17.0 Å². The number of ketones is 1. The third kappa shape index (κ3) is 8.22. The highest BCUT2D eigenvalue weighted by molar-refractivity contribution is 8.93. The average molecular weight is 438 g/mol. The van der Waals surface area contributed by atoms with Crippen molar-refractivity contribution in [2.24, 2.45) is 0 Å². The first-order valence-corrected chi connectivity index (χ1v) is 9.02. The standard InChI is InChI=1S/C21H27NO4.BrH/c23-14-11-19(12-15-24)22-13-4-16-26-20-9-7-18(8-10-20)21(25)17-5-2-1-3-6-17;/h1-3,5-10,19,22-24H,4,11-16H2;1H. The molecule has 0 aromatic heterocycles. The van der Waals surface area contributed by atoms with E-state index in [0.717, 1.165) is 18.7 Å². The van der Waals surface area contributed by atoms with Gasteiger partial charge < -0.3 is 20.3 Å². The molecule has 0 saturated carbocycles. The number of nitrogens with one attached hydrogen (secondary N) is 1. The summed E-state index contributed by atoms with van der Waals surface area (Å²) in [5.74, 6) is 0.733.